The van der Waals surface area contributed by atoms with Crippen molar-refractivity contribution in [2.45, 2.75) is 26.7 Å². The van der Waals surface area contributed by atoms with E-state index >= 15 is 0 Å². The number of carbonyl (C=O) groups excluding carboxylic acids is 1. The number of amides is 1. The average Bonchev–Trinajstić information content (AvgIpc) is 3.16. The Morgan fingerprint density at radius 2 is 1.97 bits per heavy atom. The molecule has 30 heavy (non-hydrogen) atoms. The molecule has 0 aliphatic carbocycles. The molecule has 3 N–H and O–H groups in total. The molecule has 2 aromatic carbocycles. The maximum Gasteiger partial charge on any atom is 0.257 e. The van der Waals surface area contributed by atoms with Crippen LogP contribution in [0.3, 0.4) is 0 Å². The van der Waals surface area contributed by atoms with Crippen LogP contribution in [0.2, 0.25) is 0 Å². The minimum Gasteiger partial charge on any atom is -0.493 e. The summed E-state index contributed by atoms with van der Waals surface area (Å²) in [6, 6.07) is 13.4. The number of H-pyrrole nitrogens is 1. The Morgan fingerprint density at radius 3 is 2.67 bits per heavy atom. The summed E-state index contributed by atoms with van der Waals surface area (Å²) in [7, 11) is 0. The maximum absolute atomic E-state index is 14.5. The number of hydrogen-bond donors (Lipinski definition) is 3. The largest absolute Gasteiger partial charge is 0.493 e. The molecule has 0 fully saturated rings. The number of anilines is 1. The lowest BCUT2D eigenvalue weighted by Crippen LogP contribution is -2.34. The van der Waals surface area contributed by atoms with Crippen LogP contribution in [0, 0.1) is 12.7 Å². The Hall–Kier alpha value is -3.26. The lowest BCUT2D eigenvalue weighted by molar-refractivity contribution is 0.0977. The minimum atomic E-state index is -0.433. The second-order valence-electron chi connectivity index (χ2n) is 6.78. The van der Waals surface area contributed by atoms with Gasteiger partial charge >= 0.3 is 0 Å². The summed E-state index contributed by atoms with van der Waals surface area (Å²) in [4.78, 5) is 12.2. The molecule has 0 bridgehead atoms. The van der Waals surface area contributed by atoms with Gasteiger partial charge in [0.2, 0.25) is 0 Å². The zero-order valence-corrected chi connectivity index (χ0v) is 17.6. The molecule has 0 saturated carbocycles. The first-order valence-electron chi connectivity index (χ1n) is 9.63. The van der Waals surface area contributed by atoms with Gasteiger partial charge in [0.25, 0.3) is 5.91 Å². The molecule has 0 saturated heterocycles. The van der Waals surface area contributed by atoms with Gasteiger partial charge < -0.3 is 10.1 Å². The number of hydrogen-bond acceptors (Lipinski definition) is 4. The lowest BCUT2D eigenvalue weighted by Gasteiger charge is -2.08. The summed E-state index contributed by atoms with van der Waals surface area (Å²) in [5.74, 6) is 0.162. The van der Waals surface area contributed by atoms with Crippen LogP contribution in [-0.4, -0.2) is 27.8 Å². The third kappa shape index (κ3) is 5.64. The number of nitrogens with one attached hydrogen (secondary N) is 3. The first kappa shape index (κ1) is 21.4. The molecule has 156 valence electrons. The van der Waals surface area contributed by atoms with Gasteiger partial charge in [-0.15, -0.1) is 0 Å². The monoisotopic (exact) mass is 426 g/mol. The molecule has 0 unspecified atom stereocenters. The summed E-state index contributed by atoms with van der Waals surface area (Å²) >= 11 is 5.18. The average molecular weight is 427 g/mol. The molecule has 0 atom stereocenters. The van der Waals surface area contributed by atoms with Crippen molar-refractivity contribution in [1.82, 2.24) is 15.5 Å². The molecule has 1 heterocycles. The van der Waals surface area contributed by atoms with E-state index in [4.69, 9.17) is 17.0 Å². The normalized spacial score (nSPS) is 10.5. The van der Waals surface area contributed by atoms with Crippen molar-refractivity contribution in [3.63, 3.8) is 0 Å². The number of carbonyl (C=O) groups is 1. The van der Waals surface area contributed by atoms with Crippen molar-refractivity contribution in [1.29, 1.82) is 0 Å². The first-order valence-corrected chi connectivity index (χ1v) is 10.0. The molecule has 0 aliphatic rings. The summed E-state index contributed by atoms with van der Waals surface area (Å²) in [5, 5.41) is 12.4. The molecule has 3 aromatic rings. The Balaban J connectivity index is 1.61. The topological polar surface area (TPSA) is 79.0 Å². The van der Waals surface area contributed by atoms with Gasteiger partial charge in [-0.25, -0.2) is 4.39 Å². The van der Waals surface area contributed by atoms with Gasteiger partial charge in [0.15, 0.2) is 5.11 Å². The highest BCUT2D eigenvalue weighted by Gasteiger charge is 2.12. The van der Waals surface area contributed by atoms with E-state index in [0.29, 0.717) is 35.0 Å². The van der Waals surface area contributed by atoms with Crippen molar-refractivity contribution < 1.29 is 13.9 Å². The molecule has 0 spiro atoms. The van der Waals surface area contributed by atoms with E-state index in [1.165, 1.54) is 6.07 Å². The Morgan fingerprint density at radius 1 is 1.20 bits per heavy atom. The Kier molecular flexibility index (Phi) is 7.13. The molecule has 6 nitrogen and oxygen atoms in total. The fraction of sp³-hybridized carbons (Fsp3) is 0.227. The molecule has 0 aliphatic heterocycles. The molecule has 8 heteroatoms. The molecular formula is C22H23FN4O2S. The molecule has 1 amide bonds. The second-order valence-corrected chi connectivity index (χ2v) is 7.19. The number of halogens is 1. The number of aromatic amines is 1. The van der Waals surface area contributed by atoms with Crippen LogP contribution in [0.4, 0.5) is 10.2 Å². The van der Waals surface area contributed by atoms with Crippen LogP contribution in [0.5, 0.6) is 5.75 Å². The van der Waals surface area contributed by atoms with Gasteiger partial charge in [-0.05, 0) is 49.8 Å². The van der Waals surface area contributed by atoms with Crippen LogP contribution in [0.15, 0.2) is 48.5 Å². The summed E-state index contributed by atoms with van der Waals surface area (Å²) in [6.07, 6.45) is 1.93. The standard InChI is InChI=1S/C22H23FN4O2S/c1-3-4-11-29-16-9-10-17(18(23)12-16)19-13-20(27-26-19)24-22(30)25-21(28)15-7-5-14(2)6-8-15/h5-10,12-13H,3-4,11H2,1-2H3,(H3,24,25,26,27,28,30). The van der Waals surface area contributed by atoms with E-state index < -0.39 is 5.82 Å². The van der Waals surface area contributed by atoms with Crippen LogP contribution >= 0.6 is 12.2 Å². The summed E-state index contributed by atoms with van der Waals surface area (Å²) in [6.45, 7) is 4.56. The number of nitrogens with zero attached hydrogens (tertiary/aromatic N) is 1. The predicted molar refractivity (Wildman–Crippen MR) is 119 cm³/mol. The smallest absolute Gasteiger partial charge is 0.257 e. The molecule has 0 radical (unpaired) electrons. The molecule has 1 aromatic heterocycles. The number of benzene rings is 2. The molecular weight excluding hydrogens is 403 g/mol. The highest BCUT2D eigenvalue weighted by molar-refractivity contribution is 7.80. The highest BCUT2D eigenvalue weighted by atomic mass is 32.1. The van der Waals surface area contributed by atoms with Gasteiger partial charge in [-0.3, -0.25) is 15.2 Å². The zero-order chi connectivity index (χ0) is 21.5. The van der Waals surface area contributed by atoms with E-state index in [1.54, 1.807) is 30.3 Å². The highest BCUT2D eigenvalue weighted by Crippen LogP contribution is 2.26. The van der Waals surface area contributed by atoms with Crippen molar-refractivity contribution in [3.8, 4) is 17.0 Å². The van der Waals surface area contributed by atoms with E-state index in [1.807, 2.05) is 19.1 Å². The van der Waals surface area contributed by atoms with Crippen LogP contribution in [-0.2, 0) is 0 Å². The van der Waals surface area contributed by atoms with E-state index in [-0.39, 0.29) is 11.0 Å². The van der Waals surface area contributed by atoms with Crippen LogP contribution in [0.25, 0.3) is 11.3 Å². The number of aryl methyl sites for hydroxylation is 1. The van der Waals surface area contributed by atoms with Crippen LogP contribution in [0.1, 0.15) is 35.7 Å². The van der Waals surface area contributed by atoms with E-state index in [9.17, 15) is 9.18 Å². The van der Waals surface area contributed by atoms with Crippen LogP contribution < -0.4 is 15.4 Å². The maximum atomic E-state index is 14.5. The fourth-order valence-corrected chi connectivity index (χ4v) is 2.89. The molecule has 3 rings (SSSR count). The quantitative estimate of drug-likeness (QED) is 0.373. The third-order valence-electron chi connectivity index (χ3n) is 4.35. The lowest BCUT2D eigenvalue weighted by atomic mass is 10.1. The van der Waals surface area contributed by atoms with Gasteiger partial charge in [0, 0.05) is 23.3 Å². The van der Waals surface area contributed by atoms with E-state index in [0.717, 1.165) is 18.4 Å². The Bertz CT molecular complexity index is 1030. The number of ether oxygens (including phenoxy) is 1. The predicted octanol–water partition coefficient (Wildman–Crippen LogP) is 4.83. The minimum absolute atomic E-state index is 0.107. The van der Waals surface area contributed by atoms with Crippen molar-refractivity contribution >= 4 is 29.1 Å². The van der Waals surface area contributed by atoms with Crippen molar-refractivity contribution in [3.05, 3.63) is 65.5 Å². The third-order valence-corrected chi connectivity index (χ3v) is 4.55. The van der Waals surface area contributed by atoms with Gasteiger partial charge in [-0.2, -0.15) is 5.10 Å². The number of rotatable bonds is 7. The second kappa shape index (κ2) is 9.98. The van der Waals surface area contributed by atoms with Gasteiger partial charge in [0.1, 0.15) is 17.4 Å². The van der Waals surface area contributed by atoms with E-state index in [2.05, 4.69) is 27.8 Å². The summed E-state index contributed by atoms with van der Waals surface area (Å²) in [5.41, 5.74) is 2.29. The fourth-order valence-electron chi connectivity index (χ4n) is 2.69. The van der Waals surface area contributed by atoms with Gasteiger partial charge in [0.05, 0.1) is 12.3 Å². The number of thiocarbonyl (C=S) groups is 1. The van der Waals surface area contributed by atoms with Crippen molar-refractivity contribution in [2.24, 2.45) is 0 Å². The van der Waals surface area contributed by atoms with Gasteiger partial charge in [-0.1, -0.05) is 31.0 Å². The SMILES string of the molecule is CCCCOc1ccc(-c2cc(NC(=S)NC(=O)c3ccc(C)cc3)[nH]n2)c(F)c1. The zero-order valence-electron chi connectivity index (χ0n) is 16.8. The Labute approximate surface area is 179 Å². The summed E-state index contributed by atoms with van der Waals surface area (Å²) < 4.78 is 20.0. The first-order chi connectivity index (χ1) is 14.5. The van der Waals surface area contributed by atoms with Crippen molar-refractivity contribution in [2.75, 3.05) is 11.9 Å². The number of unbranched alkanes of at least 4 members (excludes halogenated alkanes) is 1. The number of aromatic nitrogens is 2.